The normalized spacial score (nSPS) is 45.8. The van der Waals surface area contributed by atoms with Gasteiger partial charge in [-0.2, -0.15) is 0 Å². The molecule has 5 atom stereocenters. The average Bonchev–Trinajstić information content (AvgIpc) is 2.69. The summed E-state index contributed by atoms with van der Waals surface area (Å²) in [5.74, 6) is 4.16. The maximum absolute atomic E-state index is 6.03. The van der Waals surface area contributed by atoms with E-state index in [1.165, 1.54) is 19.3 Å². The van der Waals surface area contributed by atoms with Crippen LogP contribution in [0.3, 0.4) is 0 Å². The smallest absolute Gasteiger partial charge is 0.0477 e. The van der Waals surface area contributed by atoms with Crippen molar-refractivity contribution in [1.29, 1.82) is 0 Å². The Balaban J connectivity index is 1.39. The SMILES string of the molecule is COCCC(N)CNC1C2C3CCC(C3)C12. The second-order valence-electron chi connectivity index (χ2n) is 5.96. The number of rotatable bonds is 6. The van der Waals surface area contributed by atoms with E-state index in [0.29, 0.717) is 0 Å². The Kier molecular flexibility index (Phi) is 2.94. The Bertz CT molecular complexity index is 242. The van der Waals surface area contributed by atoms with Crippen molar-refractivity contribution in [3.05, 3.63) is 0 Å². The van der Waals surface area contributed by atoms with E-state index in [0.717, 1.165) is 49.3 Å². The van der Waals surface area contributed by atoms with Crippen LogP contribution in [-0.2, 0) is 4.74 Å². The Hall–Kier alpha value is -0.120. The minimum atomic E-state index is 0.263. The van der Waals surface area contributed by atoms with Gasteiger partial charge in [-0.3, -0.25) is 0 Å². The van der Waals surface area contributed by atoms with Crippen molar-refractivity contribution in [3.8, 4) is 0 Å². The maximum atomic E-state index is 6.03. The molecule has 92 valence electrons. The molecule has 3 heteroatoms. The Labute approximate surface area is 98.1 Å². The van der Waals surface area contributed by atoms with Crippen LogP contribution < -0.4 is 11.1 Å². The van der Waals surface area contributed by atoms with Crippen LogP contribution in [0.1, 0.15) is 25.7 Å². The molecule has 0 saturated heterocycles. The second kappa shape index (κ2) is 4.28. The van der Waals surface area contributed by atoms with Crippen molar-refractivity contribution in [2.45, 2.75) is 37.8 Å². The summed E-state index contributed by atoms with van der Waals surface area (Å²) in [5, 5.41) is 3.69. The Morgan fingerprint density at radius 1 is 1.31 bits per heavy atom. The summed E-state index contributed by atoms with van der Waals surface area (Å²) in [6.45, 7) is 1.76. The van der Waals surface area contributed by atoms with Gasteiger partial charge in [-0.25, -0.2) is 0 Å². The van der Waals surface area contributed by atoms with E-state index in [4.69, 9.17) is 10.5 Å². The van der Waals surface area contributed by atoms with Gasteiger partial charge in [0.25, 0.3) is 0 Å². The van der Waals surface area contributed by atoms with Crippen LogP contribution in [0.2, 0.25) is 0 Å². The number of nitrogens with two attached hydrogens (primary N) is 1. The zero-order chi connectivity index (χ0) is 11.1. The third-order valence-electron chi connectivity index (χ3n) is 5.04. The number of fused-ring (bicyclic) bond motifs is 5. The Morgan fingerprint density at radius 2 is 2.00 bits per heavy atom. The first-order valence-electron chi connectivity index (χ1n) is 6.79. The van der Waals surface area contributed by atoms with Crippen LogP contribution in [0.15, 0.2) is 0 Å². The molecule has 3 aliphatic carbocycles. The predicted molar refractivity (Wildman–Crippen MR) is 64.1 cm³/mol. The molecule has 3 rings (SSSR count). The molecule has 5 unspecified atom stereocenters. The number of hydrogen-bond acceptors (Lipinski definition) is 3. The third-order valence-corrected chi connectivity index (χ3v) is 5.04. The first kappa shape index (κ1) is 11.0. The van der Waals surface area contributed by atoms with E-state index < -0.39 is 0 Å². The molecule has 0 aromatic carbocycles. The predicted octanol–water partition coefficient (Wildman–Crippen LogP) is 0.984. The quantitative estimate of drug-likeness (QED) is 0.707. The molecule has 0 heterocycles. The van der Waals surface area contributed by atoms with Crippen molar-refractivity contribution in [2.75, 3.05) is 20.3 Å². The molecule has 0 radical (unpaired) electrons. The van der Waals surface area contributed by atoms with Gasteiger partial charge in [0.15, 0.2) is 0 Å². The number of ether oxygens (including phenoxy) is 1. The molecular formula is C13H24N2O. The molecule has 3 saturated carbocycles. The fraction of sp³-hybridized carbons (Fsp3) is 1.00. The van der Waals surface area contributed by atoms with Crippen molar-refractivity contribution in [2.24, 2.45) is 29.4 Å². The van der Waals surface area contributed by atoms with Gasteiger partial charge >= 0.3 is 0 Å². The van der Waals surface area contributed by atoms with Gasteiger partial charge in [0, 0.05) is 32.3 Å². The fourth-order valence-electron chi connectivity index (χ4n) is 4.26. The summed E-state index contributed by atoms with van der Waals surface area (Å²) in [4.78, 5) is 0. The van der Waals surface area contributed by atoms with Crippen molar-refractivity contribution in [3.63, 3.8) is 0 Å². The van der Waals surface area contributed by atoms with E-state index in [9.17, 15) is 0 Å². The molecular weight excluding hydrogens is 200 g/mol. The summed E-state index contributed by atoms with van der Waals surface area (Å²) < 4.78 is 5.05. The van der Waals surface area contributed by atoms with Crippen LogP contribution in [0.25, 0.3) is 0 Å². The molecule has 0 spiro atoms. The highest BCUT2D eigenvalue weighted by Crippen LogP contribution is 2.65. The molecule has 3 nitrogen and oxygen atoms in total. The minimum Gasteiger partial charge on any atom is -0.385 e. The lowest BCUT2D eigenvalue weighted by Crippen LogP contribution is -2.37. The van der Waals surface area contributed by atoms with Gasteiger partial charge in [0.05, 0.1) is 0 Å². The topological polar surface area (TPSA) is 47.3 Å². The summed E-state index contributed by atoms with van der Waals surface area (Å²) in [5.41, 5.74) is 6.03. The van der Waals surface area contributed by atoms with Crippen molar-refractivity contribution in [1.82, 2.24) is 5.32 Å². The van der Waals surface area contributed by atoms with E-state index >= 15 is 0 Å². The average molecular weight is 224 g/mol. The van der Waals surface area contributed by atoms with Gasteiger partial charge in [-0.05, 0) is 49.4 Å². The van der Waals surface area contributed by atoms with Gasteiger partial charge in [0.1, 0.15) is 0 Å². The van der Waals surface area contributed by atoms with Gasteiger partial charge < -0.3 is 15.8 Å². The van der Waals surface area contributed by atoms with Gasteiger partial charge in [0.2, 0.25) is 0 Å². The first-order valence-corrected chi connectivity index (χ1v) is 6.79. The molecule has 3 N–H and O–H groups in total. The zero-order valence-corrected chi connectivity index (χ0v) is 10.2. The summed E-state index contributed by atoms with van der Waals surface area (Å²) in [7, 11) is 1.74. The van der Waals surface area contributed by atoms with E-state index in [-0.39, 0.29) is 6.04 Å². The molecule has 0 aromatic heterocycles. The Morgan fingerprint density at radius 3 is 2.62 bits per heavy atom. The molecule has 2 bridgehead atoms. The van der Waals surface area contributed by atoms with Crippen LogP contribution in [0.4, 0.5) is 0 Å². The molecule has 0 amide bonds. The number of hydrogen-bond donors (Lipinski definition) is 2. The summed E-state index contributed by atoms with van der Waals surface area (Å²) in [6.07, 6.45) is 5.50. The van der Waals surface area contributed by atoms with Crippen LogP contribution in [-0.4, -0.2) is 32.3 Å². The third kappa shape index (κ3) is 1.79. The number of nitrogens with one attached hydrogen (secondary N) is 1. The summed E-state index contributed by atoms with van der Waals surface area (Å²) >= 11 is 0. The lowest BCUT2D eigenvalue weighted by Gasteiger charge is -2.14. The molecule has 3 aliphatic rings. The van der Waals surface area contributed by atoms with Crippen LogP contribution >= 0.6 is 0 Å². The highest BCUT2D eigenvalue weighted by atomic mass is 16.5. The van der Waals surface area contributed by atoms with Gasteiger partial charge in [-0.1, -0.05) is 0 Å². The lowest BCUT2D eigenvalue weighted by molar-refractivity contribution is 0.187. The van der Waals surface area contributed by atoms with Gasteiger partial charge in [-0.15, -0.1) is 0 Å². The van der Waals surface area contributed by atoms with Crippen molar-refractivity contribution < 1.29 is 4.74 Å². The van der Waals surface area contributed by atoms with Crippen molar-refractivity contribution >= 4 is 0 Å². The largest absolute Gasteiger partial charge is 0.385 e. The maximum Gasteiger partial charge on any atom is 0.0477 e. The second-order valence-corrected chi connectivity index (χ2v) is 5.96. The first-order chi connectivity index (χ1) is 7.81. The molecule has 3 fully saturated rings. The number of methoxy groups -OCH3 is 1. The molecule has 0 aromatic rings. The van der Waals surface area contributed by atoms with Crippen LogP contribution in [0, 0.1) is 23.7 Å². The molecule has 16 heavy (non-hydrogen) atoms. The minimum absolute atomic E-state index is 0.263. The van der Waals surface area contributed by atoms with E-state index in [1.807, 2.05) is 0 Å². The van der Waals surface area contributed by atoms with E-state index in [2.05, 4.69) is 5.32 Å². The monoisotopic (exact) mass is 224 g/mol. The standard InChI is InChI=1S/C13H24N2O/c1-16-5-4-10(14)7-15-13-11-8-2-3-9(6-8)12(11)13/h8-13,15H,2-7,14H2,1H3. The lowest BCUT2D eigenvalue weighted by atomic mass is 10.0. The van der Waals surface area contributed by atoms with Crippen LogP contribution in [0.5, 0.6) is 0 Å². The fourth-order valence-corrected chi connectivity index (χ4v) is 4.26. The molecule has 0 aliphatic heterocycles. The highest BCUT2D eigenvalue weighted by Gasteiger charge is 2.64. The zero-order valence-electron chi connectivity index (χ0n) is 10.2. The highest BCUT2D eigenvalue weighted by molar-refractivity contribution is 5.16. The summed E-state index contributed by atoms with van der Waals surface area (Å²) in [6, 6.07) is 1.08. The van der Waals surface area contributed by atoms with E-state index in [1.54, 1.807) is 7.11 Å².